The van der Waals surface area contributed by atoms with Gasteiger partial charge in [-0.25, -0.2) is 4.39 Å². The number of hydrogen-bond acceptors (Lipinski definition) is 2. The minimum Gasteiger partial charge on any atom is -0.359 e. The van der Waals surface area contributed by atoms with E-state index in [0.717, 1.165) is 30.9 Å². The number of halogens is 1. The monoisotopic (exact) mass is 336 g/mol. The fourth-order valence-electron chi connectivity index (χ4n) is 3.22. The van der Waals surface area contributed by atoms with E-state index in [0.29, 0.717) is 5.69 Å². The topological polar surface area (TPSA) is 24.1 Å². The Labute approximate surface area is 149 Å². The average molecular weight is 336 g/mol. The van der Waals surface area contributed by atoms with Crippen LogP contribution in [0.2, 0.25) is 0 Å². The van der Waals surface area contributed by atoms with Gasteiger partial charge < -0.3 is 10.6 Å². The summed E-state index contributed by atoms with van der Waals surface area (Å²) in [5, 5.41) is 6.86. The summed E-state index contributed by atoms with van der Waals surface area (Å²) < 4.78 is 14.2. The number of anilines is 1. The summed E-state index contributed by atoms with van der Waals surface area (Å²) in [5.41, 5.74) is 4.25. The average Bonchev–Trinajstić information content (AvgIpc) is 3.41. The minimum absolute atomic E-state index is 0.0966. The van der Waals surface area contributed by atoms with E-state index in [1.165, 1.54) is 30.4 Å². The highest BCUT2D eigenvalue weighted by Crippen LogP contribution is 2.31. The van der Waals surface area contributed by atoms with Crippen molar-refractivity contribution in [3.05, 3.63) is 77.2 Å². The highest BCUT2D eigenvalue weighted by atomic mass is 19.1. The lowest BCUT2D eigenvalue weighted by atomic mass is 9.93. The molecule has 0 heterocycles. The molecule has 3 heteroatoms. The molecule has 0 amide bonds. The Morgan fingerprint density at radius 1 is 1.04 bits per heavy atom. The molecule has 2 saturated carbocycles. The van der Waals surface area contributed by atoms with E-state index in [1.54, 1.807) is 6.07 Å². The summed E-state index contributed by atoms with van der Waals surface area (Å²) in [6.45, 7) is 1.02. The smallest absolute Gasteiger partial charge is 0.146 e. The number of benzene rings is 2. The van der Waals surface area contributed by atoms with Crippen LogP contribution in [-0.2, 0) is 0 Å². The molecule has 2 nitrogen and oxygen atoms in total. The summed E-state index contributed by atoms with van der Waals surface area (Å²) in [7, 11) is 0. The number of allylic oxidation sites excluding steroid dienone is 1. The van der Waals surface area contributed by atoms with E-state index in [9.17, 15) is 4.39 Å². The lowest BCUT2D eigenvalue weighted by Gasteiger charge is -2.21. The van der Waals surface area contributed by atoms with Crippen LogP contribution < -0.4 is 10.6 Å². The normalized spacial score (nSPS) is 17.7. The Morgan fingerprint density at radius 2 is 1.84 bits per heavy atom. The quantitative estimate of drug-likeness (QED) is 0.708. The summed E-state index contributed by atoms with van der Waals surface area (Å²) in [6.07, 6.45) is 8.11. The van der Waals surface area contributed by atoms with Crippen molar-refractivity contribution in [3.8, 4) is 0 Å². The van der Waals surface area contributed by atoms with Crippen molar-refractivity contribution in [1.29, 1.82) is 0 Å². The minimum atomic E-state index is -0.200. The van der Waals surface area contributed by atoms with Crippen LogP contribution in [0, 0.1) is 11.7 Å². The first-order valence-corrected chi connectivity index (χ1v) is 9.32. The zero-order valence-corrected chi connectivity index (χ0v) is 14.5. The molecule has 2 fully saturated rings. The van der Waals surface area contributed by atoms with E-state index < -0.39 is 0 Å². The molecule has 2 aromatic rings. The Kier molecular flexibility index (Phi) is 4.84. The third-order valence-electron chi connectivity index (χ3n) is 5.19. The molecule has 2 N–H and O–H groups in total. The second kappa shape index (κ2) is 7.40. The van der Waals surface area contributed by atoms with Crippen LogP contribution in [0.15, 0.2) is 60.3 Å². The van der Waals surface area contributed by atoms with E-state index in [1.807, 2.05) is 24.4 Å². The van der Waals surface area contributed by atoms with Gasteiger partial charge in [-0.1, -0.05) is 42.0 Å². The molecule has 0 spiro atoms. The highest BCUT2D eigenvalue weighted by Gasteiger charge is 2.23. The lowest BCUT2D eigenvalue weighted by Crippen LogP contribution is -2.24. The Bertz CT molecular complexity index is 744. The van der Waals surface area contributed by atoms with Gasteiger partial charge in [0.1, 0.15) is 5.82 Å². The van der Waals surface area contributed by atoms with Crippen molar-refractivity contribution in [2.75, 3.05) is 11.9 Å². The fourth-order valence-corrected chi connectivity index (χ4v) is 3.22. The SMILES string of the molecule is Fc1ccc(C(NCC2CC2)c2ccccc2)cc1NC=C1CCC1. The maximum Gasteiger partial charge on any atom is 0.146 e. The van der Waals surface area contributed by atoms with Crippen LogP contribution in [0.3, 0.4) is 0 Å². The molecule has 25 heavy (non-hydrogen) atoms. The highest BCUT2D eigenvalue weighted by molar-refractivity contribution is 5.51. The third-order valence-corrected chi connectivity index (χ3v) is 5.19. The van der Waals surface area contributed by atoms with Crippen molar-refractivity contribution < 1.29 is 4.39 Å². The summed E-state index contributed by atoms with van der Waals surface area (Å²) in [4.78, 5) is 0. The van der Waals surface area contributed by atoms with Gasteiger partial charge in [-0.2, -0.15) is 0 Å². The molecule has 1 atom stereocenters. The molecule has 1 unspecified atom stereocenters. The van der Waals surface area contributed by atoms with Crippen LogP contribution in [0.5, 0.6) is 0 Å². The van der Waals surface area contributed by atoms with Crippen LogP contribution in [0.25, 0.3) is 0 Å². The summed E-state index contributed by atoms with van der Waals surface area (Å²) in [5.74, 6) is 0.599. The predicted molar refractivity (Wildman–Crippen MR) is 101 cm³/mol. The zero-order valence-electron chi connectivity index (χ0n) is 14.5. The van der Waals surface area contributed by atoms with Crippen LogP contribution in [-0.4, -0.2) is 6.54 Å². The van der Waals surface area contributed by atoms with Crippen LogP contribution >= 0.6 is 0 Å². The summed E-state index contributed by atoms with van der Waals surface area (Å²) in [6, 6.07) is 15.9. The molecule has 0 aliphatic heterocycles. The molecular formula is C22H25FN2. The van der Waals surface area contributed by atoms with Gasteiger partial charge in [0.15, 0.2) is 0 Å². The van der Waals surface area contributed by atoms with E-state index in [2.05, 4.69) is 34.9 Å². The summed E-state index contributed by atoms with van der Waals surface area (Å²) >= 11 is 0. The molecule has 0 saturated heterocycles. The molecule has 2 aromatic carbocycles. The standard InChI is InChI=1S/C22H25FN2/c23-20-12-11-19(13-21(20)24-14-16-5-4-6-16)22(25-15-17-9-10-17)18-7-2-1-3-8-18/h1-3,7-8,11-14,17,22,24-25H,4-6,9-10,15H2. The predicted octanol–water partition coefficient (Wildman–Crippen LogP) is 5.39. The lowest BCUT2D eigenvalue weighted by molar-refractivity contribution is 0.571. The van der Waals surface area contributed by atoms with Crippen LogP contribution in [0.4, 0.5) is 10.1 Å². The van der Waals surface area contributed by atoms with E-state index >= 15 is 0 Å². The molecular weight excluding hydrogens is 311 g/mol. The van der Waals surface area contributed by atoms with Crippen molar-refractivity contribution in [1.82, 2.24) is 5.32 Å². The van der Waals surface area contributed by atoms with Gasteiger partial charge in [0.05, 0.1) is 11.7 Å². The van der Waals surface area contributed by atoms with Crippen molar-refractivity contribution in [3.63, 3.8) is 0 Å². The zero-order chi connectivity index (χ0) is 17.1. The van der Waals surface area contributed by atoms with Crippen molar-refractivity contribution >= 4 is 5.69 Å². The number of hydrogen-bond donors (Lipinski definition) is 2. The van der Waals surface area contributed by atoms with Gasteiger partial charge >= 0.3 is 0 Å². The third kappa shape index (κ3) is 4.10. The molecule has 2 aliphatic carbocycles. The van der Waals surface area contributed by atoms with Gasteiger partial charge in [0.2, 0.25) is 0 Å². The number of rotatable bonds is 7. The van der Waals surface area contributed by atoms with E-state index in [-0.39, 0.29) is 11.9 Å². The largest absolute Gasteiger partial charge is 0.359 e. The molecule has 0 radical (unpaired) electrons. The first-order chi connectivity index (χ1) is 12.3. The second-order valence-corrected chi connectivity index (χ2v) is 7.24. The second-order valence-electron chi connectivity index (χ2n) is 7.24. The maximum absolute atomic E-state index is 14.2. The van der Waals surface area contributed by atoms with Crippen molar-refractivity contribution in [2.45, 2.75) is 38.1 Å². The molecule has 0 aromatic heterocycles. The molecule has 4 rings (SSSR count). The molecule has 130 valence electrons. The first kappa shape index (κ1) is 16.3. The van der Waals surface area contributed by atoms with Crippen molar-refractivity contribution in [2.24, 2.45) is 5.92 Å². The molecule has 2 aliphatic rings. The van der Waals surface area contributed by atoms with Gasteiger partial charge in [-0.15, -0.1) is 0 Å². The first-order valence-electron chi connectivity index (χ1n) is 9.32. The van der Waals surface area contributed by atoms with Gasteiger partial charge in [0.25, 0.3) is 0 Å². The van der Waals surface area contributed by atoms with Crippen LogP contribution in [0.1, 0.15) is 49.3 Å². The van der Waals surface area contributed by atoms with E-state index in [4.69, 9.17) is 0 Å². The number of nitrogens with one attached hydrogen (secondary N) is 2. The van der Waals surface area contributed by atoms with Gasteiger partial charge in [0, 0.05) is 6.20 Å². The fraction of sp³-hybridized carbons (Fsp3) is 0.364. The Morgan fingerprint density at radius 3 is 2.52 bits per heavy atom. The Hall–Kier alpha value is -2.13. The van der Waals surface area contributed by atoms with Gasteiger partial charge in [-0.05, 0) is 67.8 Å². The molecule has 0 bridgehead atoms. The maximum atomic E-state index is 14.2. The Balaban J connectivity index is 1.58. The van der Waals surface area contributed by atoms with Gasteiger partial charge in [-0.3, -0.25) is 0 Å².